The average molecular weight is 329 g/mol. The summed E-state index contributed by atoms with van der Waals surface area (Å²) in [7, 11) is -3.37. The number of nitrogens with one attached hydrogen (secondary N) is 2. The van der Waals surface area contributed by atoms with Gasteiger partial charge in [-0.15, -0.1) is 0 Å². The summed E-state index contributed by atoms with van der Waals surface area (Å²) in [4.78, 5) is 15.5. The number of pyridine rings is 1. The van der Waals surface area contributed by atoms with Gasteiger partial charge in [0, 0.05) is 38.9 Å². The number of amides is 2. The van der Waals surface area contributed by atoms with Crippen molar-refractivity contribution in [2.24, 2.45) is 0 Å². The largest absolute Gasteiger partial charge is 0.388 e. The molecule has 0 bridgehead atoms. The summed E-state index contributed by atoms with van der Waals surface area (Å²) >= 11 is 0. The first-order valence-electron chi connectivity index (χ1n) is 6.80. The zero-order valence-electron chi connectivity index (χ0n) is 12.2. The van der Waals surface area contributed by atoms with Crippen LogP contribution in [0.25, 0.3) is 0 Å². The number of sulfone groups is 1. The average Bonchev–Trinajstić information content (AvgIpc) is 2.46. The lowest BCUT2D eigenvalue weighted by Gasteiger charge is -2.32. The maximum absolute atomic E-state index is 11.8. The molecule has 2 heterocycles. The molecule has 0 saturated carbocycles. The first-order valence-corrected chi connectivity index (χ1v) is 8.69. The van der Waals surface area contributed by atoms with E-state index < -0.39 is 21.5 Å². The number of aromatic nitrogens is 1. The number of aliphatic hydroxyl groups is 1. The highest BCUT2D eigenvalue weighted by Gasteiger charge is 2.30. The van der Waals surface area contributed by atoms with Crippen LogP contribution in [0.15, 0.2) is 23.4 Å². The molecular weight excluding hydrogens is 310 g/mol. The van der Waals surface area contributed by atoms with Gasteiger partial charge in [-0.3, -0.25) is 0 Å². The van der Waals surface area contributed by atoms with Gasteiger partial charge in [0.25, 0.3) is 0 Å². The molecule has 1 aromatic heterocycles. The molecule has 3 N–H and O–H groups in total. The van der Waals surface area contributed by atoms with Crippen LogP contribution in [0.4, 0.5) is 10.5 Å². The van der Waals surface area contributed by atoms with Crippen molar-refractivity contribution >= 4 is 21.6 Å². The summed E-state index contributed by atoms with van der Waals surface area (Å²) in [6, 6.07) is 2.28. The number of rotatable bonds is 4. The van der Waals surface area contributed by atoms with E-state index in [1.807, 2.05) is 0 Å². The van der Waals surface area contributed by atoms with Gasteiger partial charge in [-0.25, -0.2) is 18.2 Å². The van der Waals surface area contributed by atoms with Crippen LogP contribution in [-0.4, -0.2) is 56.2 Å². The van der Waals surface area contributed by atoms with E-state index in [0.29, 0.717) is 31.7 Å². The topological polar surface area (TPSA) is 118 Å². The molecule has 1 aromatic rings. The predicted molar refractivity (Wildman–Crippen MR) is 79.4 cm³/mol. The summed E-state index contributed by atoms with van der Waals surface area (Å²) in [5.41, 5.74) is -0.586. The predicted octanol–water partition coefficient (Wildman–Crippen LogP) is 0.148. The van der Waals surface area contributed by atoms with E-state index in [9.17, 15) is 18.3 Å². The summed E-state index contributed by atoms with van der Waals surface area (Å²) in [6.45, 7) is 1.06. The molecule has 122 valence electrons. The van der Waals surface area contributed by atoms with Gasteiger partial charge >= 0.3 is 6.03 Å². The summed E-state index contributed by atoms with van der Waals surface area (Å²) < 4.78 is 27.7. The highest BCUT2D eigenvalue weighted by Crippen LogP contribution is 2.19. The van der Waals surface area contributed by atoms with Gasteiger partial charge in [0.05, 0.1) is 17.5 Å². The number of urea groups is 1. The Morgan fingerprint density at radius 3 is 2.64 bits per heavy atom. The van der Waals surface area contributed by atoms with Crippen LogP contribution in [0.5, 0.6) is 0 Å². The van der Waals surface area contributed by atoms with Gasteiger partial charge in [0.15, 0.2) is 14.9 Å². The molecule has 9 heteroatoms. The molecule has 0 radical (unpaired) electrons. The minimum absolute atomic E-state index is 0.0602. The fraction of sp³-hybridized carbons (Fsp3) is 0.538. The minimum atomic E-state index is -3.37. The molecule has 2 amide bonds. The first kappa shape index (κ1) is 16.7. The fourth-order valence-electron chi connectivity index (χ4n) is 2.02. The summed E-state index contributed by atoms with van der Waals surface area (Å²) in [6.07, 6.45) is 3.26. The fourth-order valence-corrected chi connectivity index (χ4v) is 2.58. The normalized spacial score (nSPS) is 17.7. The van der Waals surface area contributed by atoms with Crippen molar-refractivity contribution in [1.29, 1.82) is 0 Å². The molecule has 1 saturated heterocycles. The SMILES string of the molecule is CS(=O)(=O)c1ccc(NC(=O)NCC2(O)CCOCC2)cn1. The number of hydrogen-bond acceptors (Lipinski definition) is 6. The highest BCUT2D eigenvalue weighted by molar-refractivity contribution is 7.90. The van der Waals surface area contributed by atoms with Crippen LogP contribution in [0.2, 0.25) is 0 Å². The number of nitrogens with zero attached hydrogens (tertiary/aromatic N) is 1. The molecule has 0 atom stereocenters. The Balaban J connectivity index is 1.86. The van der Waals surface area contributed by atoms with Gasteiger partial charge in [-0.2, -0.15) is 0 Å². The van der Waals surface area contributed by atoms with Crippen LogP contribution in [0.3, 0.4) is 0 Å². The van der Waals surface area contributed by atoms with Crippen molar-refractivity contribution in [2.75, 3.05) is 31.3 Å². The minimum Gasteiger partial charge on any atom is -0.388 e. The van der Waals surface area contributed by atoms with Gasteiger partial charge in [-0.1, -0.05) is 0 Å². The molecule has 0 spiro atoms. The molecule has 1 aliphatic rings. The molecule has 2 rings (SSSR count). The number of ether oxygens (including phenoxy) is 1. The van der Waals surface area contributed by atoms with E-state index >= 15 is 0 Å². The lowest BCUT2D eigenvalue weighted by Crippen LogP contribution is -2.47. The van der Waals surface area contributed by atoms with E-state index in [2.05, 4.69) is 15.6 Å². The Kier molecular flexibility index (Phi) is 4.99. The Labute approximate surface area is 128 Å². The number of carbonyl (C=O) groups is 1. The second-order valence-electron chi connectivity index (χ2n) is 5.30. The van der Waals surface area contributed by atoms with E-state index in [4.69, 9.17) is 4.74 Å². The van der Waals surface area contributed by atoms with Gasteiger partial charge in [-0.05, 0) is 12.1 Å². The van der Waals surface area contributed by atoms with Gasteiger partial charge < -0.3 is 20.5 Å². The standard InChI is InChI=1S/C13H19N3O5S/c1-22(19,20)11-3-2-10(8-14-11)16-12(17)15-9-13(18)4-6-21-7-5-13/h2-3,8,18H,4-7,9H2,1H3,(H2,15,16,17). The van der Waals surface area contributed by atoms with Crippen molar-refractivity contribution in [2.45, 2.75) is 23.5 Å². The second-order valence-corrected chi connectivity index (χ2v) is 7.26. The zero-order valence-corrected chi connectivity index (χ0v) is 13.0. The third kappa shape index (κ3) is 4.65. The number of hydrogen-bond donors (Lipinski definition) is 3. The Hall–Kier alpha value is -1.71. The summed E-state index contributed by atoms with van der Waals surface area (Å²) in [5, 5.41) is 15.3. The molecular formula is C13H19N3O5S. The quantitative estimate of drug-likeness (QED) is 0.724. The zero-order chi connectivity index (χ0) is 16.2. The molecule has 8 nitrogen and oxygen atoms in total. The second kappa shape index (κ2) is 6.59. The first-order chi connectivity index (χ1) is 10.3. The van der Waals surface area contributed by atoms with E-state index in [-0.39, 0.29) is 11.6 Å². The molecule has 1 fully saturated rings. The van der Waals surface area contributed by atoms with E-state index in [1.165, 1.54) is 18.3 Å². The van der Waals surface area contributed by atoms with Gasteiger partial charge in [0.2, 0.25) is 0 Å². The number of carbonyl (C=O) groups excluding carboxylic acids is 1. The van der Waals surface area contributed by atoms with Crippen molar-refractivity contribution in [3.8, 4) is 0 Å². The van der Waals surface area contributed by atoms with Gasteiger partial charge in [0.1, 0.15) is 0 Å². The molecule has 22 heavy (non-hydrogen) atoms. The van der Waals surface area contributed by atoms with Crippen molar-refractivity contribution in [3.05, 3.63) is 18.3 Å². The van der Waals surface area contributed by atoms with Crippen molar-refractivity contribution in [1.82, 2.24) is 10.3 Å². The third-order valence-electron chi connectivity index (χ3n) is 3.38. The molecule has 1 aliphatic heterocycles. The third-order valence-corrected chi connectivity index (χ3v) is 4.38. The number of anilines is 1. The molecule has 0 unspecified atom stereocenters. The smallest absolute Gasteiger partial charge is 0.319 e. The van der Waals surface area contributed by atoms with Crippen molar-refractivity contribution in [3.63, 3.8) is 0 Å². The maximum Gasteiger partial charge on any atom is 0.319 e. The highest BCUT2D eigenvalue weighted by atomic mass is 32.2. The maximum atomic E-state index is 11.8. The Morgan fingerprint density at radius 2 is 2.09 bits per heavy atom. The van der Waals surface area contributed by atoms with Crippen LogP contribution in [-0.2, 0) is 14.6 Å². The lowest BCUT2D eigenvalue weighted by atomic mass is 9.94. The van der Waals surface area contributed by atoms with Crippen LogP contribution < -0.4 is 10.6 Å². The van der Waals surface area contributed by atoms with Crippen LogP contribution >= 0.6 is 0 Å². The van der Waals surface area contributed by atoms with E-state index in [1.54, 1.807) is 0 Å². The van der Waals surface area contributed by atoms with Crippen LogP contribution in [0, 0.1) is 0 Å². The lowest BCUT2D eigenvalue weighted by molar-refractivity contribution is -0.0598. The summed E-state index contributed by atoms with van der Waals surface area (Å²) in [5.74, 6) is 0. The monoisotopic (exact) mass is 329 g/mol. The molecule has 0 aromatic carbocycles. The Bertz CT molecular complexity index is 624. The van der Waals surface area contributed by atoms with Crippen LogP contribution in [0.1, 0.15) is 12.8 Å². The molecule has 0 aliphatic carbocycles. The van der Waals surface area contributed by atoms with E-state index in [0.717, 1.165) is 6.26 Å². The Morgan fingerprint density at radius 1 is 1.41 bits per heavy atom. The van der Waals surface area contributed by atoms with Crippen molar-refractivity contribution < 1.29 is 23.1 Å².